The van der Waals surface area contributed by atoms with E-state index in [1.807, 2.05) is 0 Å². The molecule has 0 spiro atoms. The van der Waals surface area contributed by atoms with Crippen LogP contribution >= 0.6 is 0 Å². The number of aliphatic hydroxyl groups is 3. The Labute approximate surface area is 288 Å². The number of nitrogens with zero attached hydrogens (tertiary/aromatic N) is 1. The fraction of sp³-hybridized carbons (Fsp3) is 0.875. The molecule has 1 heterocycles. The molecule has 1 saturated carbocycles. The monoisotopic (exact) mass is 705 g/mol. The standard InChI is InChI=1S/C32H59N5O12/c1-29(2,3)47-26(41)34-13-12-18(33)24(40)36-19-14-17(35-27(42)48-30(4,5)6)15-20(38)22(19)46-25-21(39)23(32(10,44)16-45-25)37(11)28(43)49-31(7,8)9/h17-23,25,38-39,44H,12-16,33H2,1-11H3,(H,34,41)(H,35,42)(H,36,40)/t17-,18-,19+,20-,21+,22-,23+,25+,32-/m0/s1. The van der Waals surface area contributed by atoms with Gasteiger partial charge in [-0.3, -0.25) is 4.79 Å². The number of nitrogens with two attached hydrogens (primary N) is 1. The predicted molar refractivity (Wildman–Crippen MR) is 176 cm³/mol. The first-order valence-electron chi connectivity index (χ1n) is 16.5. The molecule has 0 aromatic rings. The maximum Gasteiger partial charge on any atom is 0.410 e. The van der Waals surface area contributed by atoms with Crippen LogP contribution in [0.5, 0.6) is 0 Å². The Kier molecular flexibility index (Phi) is 14.1. The maximum atomic E-state index is 13.3. The summed E-state index contributed by atoms with van der Waals surface area (Å²) in [5.41, 5.74) is 2.08. The lowest BCUT2D eigenvalue weighted by atomic mass is 9.85. The molecule has 4 amide bonds. The van der Waals surface area contributed by atoms with Gasteiger partial charge in [0, 0.05) is 19.6 Å². The minimum atomic E-state index is -1.72. The van der Waals surface area contributed by atoms with Gasteiger partial charge in [0.2, 0.25) is 5.91 Å². The van der Waals surface area contributed by atoms with Crippen LogP contribution in [0.4, 0.5) is 14.4 Å². The van der Waals surface area contributed by atoms with E-state index in [2.05, 4.69) is 16.0 Å². The first-order chi connectivity index (χ1) is 22.2. The van der Waals surface area contributed by atoms with Crippen LogP contribution in [0.1, 0.15) is 88.5 Å². The zero-order valence-electron chi connectivity index (χ0n) is 30.7. The van der Waals surface area contributed by atoms with E-state index in [9.17, 15) is 34.5 Å². The number of amides is 4. The second-order valence-electron chi connectivity index (χ2n) is 16.0. The smallest absolute Gasteiger partial charge is 0.410 e. The summed E-state index contributed by atoms with van der Waals surface area (Å²) >= 11 is 0. The van der Waals surface area contributed by atoms with Gasteiger partial charge in [-0.05, 0) is 88.5 Å². The van der Waals surface area contributed by atoms with E-state index in [0.717, 1.165) is 4.90 Å². The third-order valence-corrected chi connectivity index (χ3v) is 7.52. The van der Waals surface area contributed by atoms with E-state index in [4.69, 9.17) is 29.4 Å². The van der Waals surface area contributed by atoms with Crippen LogP contribution < -0.4 is 21.7 Å². The van der Waals surface area contributed by atoms with Crippen LogP contribution in [0.15, 0.2) is 0 Å². The molecule has 8 N–H and O–H groups in total. The van der Waals surface area contributed by atoms with E-state index < -0.39 is 95.4 Å². The van der Waals surface area contributed by atoms with Crippen LogP contribution in [0, 0.1) is 0 Å². The number of carbonyl (C=O) groups is 4. The minimum absolute atomic E-state index is 0.0100. The molecule has 9 atom stereocenters. The van der Waals surface area contributed by atoms with Gasteiger partial charge in [-0.15, -0.1) is 0 Å². The zero-order valence-corrected chi connectivity index (χ0v) is 30.7. The van der Waals surface area contributed by atoms with Crippen molar-refractivity contribution in [1.29, 1.82) is 0 Å². The quantitative estimate of drug-likeness (QED) is 0.165. The first kappa shape index (κ1) is 42.2. The SMILES string of the molecule is CN(C(=O)OC(C)(C)C)[C@@H]1[C@@H](O)[C@@H](O[C@@H]2[C@@H](O)C[C@@H](NC(=O)OC(C)(C)C)C[C@H]2NC(=O)[C@@H](N)CCNC(=O)OC(C)(C)C)OC[C@]1(C)O. The fourth-order valence-corrected chi connectivity index (χ4v) is 5.53. The molecule has 2 rings (SSSR count). The molecule has 17 heteroatoms. The van der Waals surface area contributed by atoms with Crippen LogP contribution in [0.25, 0.3) is 0 Å². The lowest BCUT2D eigenvalue weighted by Gasteiger charge is -2.49. The molecule has 2 aliphatic rings. The Morgan fingerprint density at radius 2 is 1.47 bits per heavy atom. The molecule has 49 heavy (non-hydrogen) atoms. The van der Waals surface area contributed by atoms with Gasteiger partial charge in [0.05, 0.1) is 30.8 Å². The number of likely N-dealkylation sites (N-methyl/N-ethyl adjacent to an activating group) is 1. The molecule has 1 aliphatic heterocycles. The number of nitrogens with one attached hydrogen (secondary N) is 3. The third kappa shape index (κ3) is 13.7. The molecule has 2 fully saturated rings. The molecule has 0 bridgehead atoms. The molecule has 284 valence electrons. The van der Waals surface area contributed by atoms with Gasteiger partial charge in [0.25, 0.3) is 0 Å². The Morgan fingerprint density at radius 1 is 0.918 bits per heavy atom. The van der Waals surface area contributed by atoms with Crippen molar-refractivity contribution in [1.82, 2.24) is 20.9 Å². The van der Waals surface area contributed by atoms with Crippen LogP contribution in [0.3, 0.4) is 0 Å². The summed E-state index contributed by atoms with van der Waals surface area (Å²) in [6.07, 6.45) is -7.66. The van der Waals surface area contributed by atoms with Crippen molar-refractivity contribution >= 4 is 24.2 Å². The molecule has 0 unspecified atom stereocenters. The van der Waals surface area contributed by atoms with Crippen molar-refractivity contribution in [2.45, 2.75) is 160 Å². The highest BCUT2D eigenvalue weighted by Crippen LogP contribution is 2.32. The summed E-state index contributed by atoms with van der Waals surface area (Å²) in [5.74, 6) is -0.634. The molecule has 0 aromatic carbocycles. The number of carbonyl (C=O) groups excluding carboxylic acids is 4. The van der Waals surface area contributed by atoms with Crippen LogP contribution in [-0.2, 0) is 28.5 Å². The van der Waals surface area contributed by atoms with Crippen molar-refractivity contribution < 1.29 is 58.2 Å². The van der Waals surface area contributed by atoms with Gasteiger partial charge in [-0.2, -0.15) is 0 Å². The number of aliphatic hydroxyl groups excluding tert-OH is 2. The second kappa shape index (κ2) is 16.4. The average molecular weight is 706 g/mol. The van der Waals surface area contributed by atoms with E-state index in [1.54, 1.807) is 62.3 Å². The van der Waals surface area contributed by atoms with Crippen molar-refractivity contribution in [3.8, 4) is 0 Å². The number of rotatable bonds is 9. The Bertz CT molecular complexity index is 1150. The topological polar surface area (TPSA) is 240 Å². The first-order valence-corrected chi connectivity index (χ1v) is 16.5. The Morgan fingerprint density at radius 3 is 2.02 bits per heavy atom. The largest absolute Gasteiger partial charge is 0.444 e. The van der Waals surface area contributed by atoms with Gasteiger partial charge in [0.1, 0.15) is 34.6 Å². The molecule has 0 radical (unpaired) electrons. The van der Waals surface area contributed by atoms with Crippen LogP contribution in [0.2, 0.25) is 0 Å². The average Bonchev–Trinajstić information content (AvgIpc) is 2.88. The molecule has 1 aliphatic carbocycles. The summed E-state index contributed by atoms with van der Waals surface area (Å²) in [7, 11) is 1.36. The fourth-order valence-electron chi connectivity index (χ4n) is 5.53. The van der Waals surface area contributed by atoms with Gasteiger partial charge in [-0.25, -0.2) is 14.4 Å². The van der Waals surface area contributed by atoms with Crippen LogP contribution in [-0.4, -0.2) is 136 Å². The van der Waals surface area contributed by atoms with Gasteiger partial charge < -0.3 is 65.6 Å². The highest BCUT2D eigenvalue weighted by atomic mass is 16.7. The van der Waals surface area contributed by atoms with Crippen molar-refractivity contribution in [2.75, 3.05) is 20.2 Å². The van der Waals surface area contributed by atoms with Gasteiger partial charge in [0.15, 0.2) is 6.29 Å². The lowest BCUT2D eigenvalue weighted by molar-refractivity contribution is -0.301. The highest BCUT2D eigenvalue weighted by molar-refractivity contribution is 5.82. The second-order valence-corrected chi connectivity index (χ2v) is 16.0. The Balaban J connectivity index is 2.24. The van der Waals surface area contributed by atoms with Gasteiger partial charge in [-0.1, -0.05) is 0 Å². The zero-order chi connectivity index (χ0) is 37.7. The summed E-state index contributed by atoms with van der Waals surface area (Å²) in [4.78, 5) is 51.8. The van der Waals surface area contributed by atoms with E-state index in [-0.39, 0.29) is 32.4 Å². The van der Waals surface area contributed by atoms with Crippen molar-refractivity contribution in [3.63, 3.8) is 0 Å². The lowest BCUT2D eigenvalue weighted by Crippen LogP contribution is -2.68. The predicted octanol–water partition coefficient (Wildman–Crippen LogP) is 0.850. The summed E-state index contributed by atoms with van der Waals surface area (Å²) in [5, 5.41) is 41.8. The minimum Gasteiger partial charge on any atom is -0.444 e. The number of hydrogen-bond acceptors (Lipinski definition) is 13. The van der Waals surface area contributed by atoms with E-state index in [1.165, 1.54) is 14.0 Å². The summed E-state index contributed by atoms with van der Waals surface area (Å²) < 4.78 is 27.8. The highest BCUT2D eigenvalue weighted by Gasteiger charge is 2.52. The van der Waals surface area contributed by atoms with Gasteiger partial charge >= 0.3 is 18.3 Å². The van der Waals surface area contributed by atoms with E-state index >= 15 is 0 Å². The summed E-state index contributed by atoms with van der Waals surface area (Å²) in [6.45, 7) is 16.4. The van der Waals surface area contributed by atoms with Crippen molar-refractivity contribution in [3.05, 3.63) is 0 Å². The molecule has 1 saturated heterocycles. The number of alkyl carbamates (subject to hydrolysis) is 2. The number of ether oxygens (including phenoxy) is 5. The molecule has 0 aromatic heterocycles. The molecule has 17 nitrogen and oxygen atoms in total. The third-order valence-electron chi connectivity index (χ3n) is 7.52. The maximum absolute atomic E-state index is 13.3. The van der Waals surface area contributed by atoms with Crippen molar-refractivity contribution in [2.24, 2.45) is 5.73 Å². The van der Waals surface area contributed by atoms with E-state index in [0.29, 0.717) is 0 Å². The summed E-state index contributed by atoms with van der Waals surface area (Å²) in [6, 6.07) is -3.97. The molecular formula is C32H59N5O12. The molecular weight excluding hydrogens is 646 g/mol. The Hall–Kier alpha value is -2.96. The number of hydrogen-bond donors (Lipinski definition) is 7. The normalized spacial score (nSPS) is 30.0.